The molecule has 0 aromatic carbocycles. The third-order valence-electron chi connectivity index (χ3n) is 4.93. The van der Waals surface area contributed by atoms with Crippen LogP contribution in [0.25, 0.3) is 0 Å². The van der Waals surface area contributed by atoms with Crippen LogP contribution >= 0.6 is 0 Å². The van der Waals surface area contributed by atoms with Crippen LogP contribution < -0.4 is 10.6 Å². The number of hydrogen-bond donors (Lipinski definition) is 3. The van der Waals surface area contributed by atoms with E-state index < -0.39 is 0 Å². The minimum Gasteiger partial charge on any atom is -0.353 e. The van der Waals surface area contributed by atoms with E-state index in [4.69, 9.17) is 0 Å². The Balaban J connectivity index is 1.28. The lowest BCUT2D eigenvalue weighted by atomic mass is 9.93. The number of carbonyl (C=O) groups excluding carboxylic acids is 1. The van der Waals surface area contributed by atoms with Gasteiger partial charge >= 0.3 is 0 Å². The van der Waals surface area contributed by atoms with Crippen molar-refractivity contribution in [2.24, 2.45) is 0 Å². The molecule has 2 aromatic heterocycles. The fourth-order valence-electron chi connectivity index (χ4n) is 3.62. The molecule has 24 heavy (non-hydrogen) atoms. The maximum atomic E-state index is 12.3. The molecule has 2 aliphatic rings. The van der Waals surface area contributed by atoms with Gasteiger partial charge < -0.3 is 10.6 Å². The van der Waals surface area contributed by atoms with E-state index in [9.17, 15) is 4.79 Å². The molecule has 0 saturated heterocycles. The molecule has 7 nitrogen and oxygen atoms in total. The van der Waals surface area contributed by atoms with Crippen molar-refractivity contribution in [2.45, 2.75) is 57.7 Å². The molecule has 2 aromatic rings. The zero-order chi connectivity index (χ0) is 16.4. The van der Waals surface area contributed by atoms with Crippen LogP contribution in [0.2, 0.25) is 0 Å². The third-order valence-corrected chi connectivity index (χ3v) is 4.93. The first-order valence-corrected chi connectivity index (χ1v) is 8.85. The van der Waals surface area contributed by atoms with Crippen molar-refractivity contribution < 1.29 is 4.79 Å². The molecule has 0 saturated carbocycles. The summed E-state index contributed by atoms with van der Waals surface area (Å²) in [4.78, 5) is 12.3. The molecule has 1 amide bonds. The van der Waals surface area contributed by atoms with Gasteiger partial charge in [-0.25, -0.2) is 0 Å². The largest absolute Gasteiger partial charge is 0.353 e. The van der Waals surface area contributed by atoms with Gasteiger partial charge in [-0.3, -0.25) is 14.6 Å². The SMILES string of the molecule is O=C(CCc1cc2n(n1)CCCNC2)N[C@H]1CCc2[nH]ncc2C1. The standard InChI is InChI=1S/C17H24N6O/c24-17(20-13-2-4-16-12(8-13)10-19-21-16)5-3-14-9-15-11-18-6-1-7-23(15)22-14/h9-10,13,18H,1-8,11H2,(H,19,21)(H,20,24)/t13-/m0/s1. The van der Waals surface area contributed by atoms with Crippen LogP contribution in [-0.4, -0.2) is 38.5 Å². The summed E-state index contributed by atoms with van der Waals surface area (Å²) in [6.45, 7) is 2.87. The topological polar surface area (TPSA) is 87.6 Å². The number of aromatic nitrogens is 4. The molecule has 3 heterocycles. The van der Waals surface area contributed by atoms with Gasteiger partial charge in [0.05, 0.1) is 17.6 Å². The first kappa shape index (κ1) is 15.4. The van der Waals surface area contributed by atoms with Gasteiger partial charge in [0.2, 0.25) is 5.91 Å². The number of aryl methyl sites for hydroxylation is 3. The lowest BCUT2D eigenvalue weighted by Gasteiger charge is -2.22. The number of fused-ring (bicyclic) bond motifs is 2. The summed E-state index contributed by atoms with van der Waals surface area (Å²) < 4.78 is 2.08. The average Bonchev–Trinajstić information content (AvgIpc) is 3.14. The number of aromatic amines is 1. The summed E-state index contributed by atoms with van der Waals surface area (Å²) in [5.74, 6) is 0.119. The van der Waals surface area contributed by atoms with E-state index in [0.717, 1.165) is 51.0 Å². The van der Waals surface area contributed by atoms with Gasteiger partial charge in [0.25, 0.3) is 0 Å². The van der Waals surface area contributed by atoms with E-state index in [2.05, 4.69) is 36.7 Å². The minimum absolute atomic E-state index is 0.119. The highest BCUT2D eigenvalue weighted by Crippen LogP contribution is 2.19. The molecule has 0 unspecified atom stereocenters. The Morgan fingerprint density at radius 2 is 2.42 bits per heavy atom. The van der Waals surface area contributed by atoms with E-state index in [1.54, 1.807) is 0 Å². The number of nitrogens with zero attached hydrogens (tertiary/aromatic N) is 3. The van der Waals surface area contributed by atoms with Crippen LogP contribution in [0.15, 0.2) is 12.3 Å². The van der Waals surface area contributed by atoms with Crippen molar-refractivity contribution in [3.63, 3.8) is 0 Å². The zero-order valence-corrected chi connectivity index (χ0v) is 13.8. The molecule has 3 N–H and O–H groups in total. The number of H-pyrrole nitrogens is 1. The first-order valence-electron chi connectivity index (χ1n) is 8.85. The van der Waals surface area contributed by atoms with Crippen LogP contribution in [0.5, 0.6) is 0 Å². The minimum atomic E-state index is 0.119. The fourth-order valence-corrected chi connectivity index (χ4v) is 3.62. The average molecular weight is 328 g/mol. The van der Waals surface area contributed by atoms with Gasteiger partial charge in [0.1, 0.15) is 0 Å². The maximum Gasteiger partial charge on any atom is 0.220 e. The lowest BCUT2D eigenvalue weighted by Crippen LogP contribution is -2.38. The lowest BCUT2D eigenvalue weighted by molar-refractivity contribution is -0.121. The van der Waals surface area contributed by atoms with E-state index in [0.29, 0.717) is 12.8 Å². The summed E-state index contributed by atoms with van der Waals surface area (Å²) >= 11 is 0. The van der Waals surface area contributed by atoms with E-state index in [1.165, 1.54) is 17.0 Å². The smallest absolute Gasteiger partial charge is 0.220 e. The first-order chi connectivity index (χ1) is 11.8. The molecular weight excluding hydrogens is 304 g/mol. The number of rotatable bonds is 4. The molecule has 1 aliphatic heterocycles. The molecule has 1 atom stereocenters. The number of amides is 1. The molecule has 0 radical (unpaired) electrons. The Bertz CT molecular complexity index is 695. The Hall–Kier alpha value is -2.15. The molecular formula is C17H24N6O. The van der Waals surface area contributed by atoms with E-state index in [1.807, 2.05) is 6.20 Å². The summed E-state index contributed by atoms with van der Waals surface area (Å²) in [6.07, 6.45) is 6.99. The second-order valence-corrected chi connectivity index (χ2v) is 6.76. The van der Waals surface area contributed by atoms with Crippen molar-refractivity contribution in [1.29, 1.82) is 0 Å². The van der Waals surface area contributed by atoms with Gasteiger partial charge in [-0.2, -0.15) is 10.2 Å². The normalized spacial score (nSPS) is 20.1. The number of hydrogen-bond acceptors (Lipinski definition) is 4. The third kappa shape index (κ3) is 3.36. The highest BCUT2D eigenvalue weighted by Gasteiger charge is 2.21. The quantitative estimate of drug-likeness (QED) is 0.771. The van der Waals surface area contributed by atoms with Crippen molar-refractivity contribution in [3.05, 3.63) is 34.9 Å². The summed E-state index contributed by atoms with van der Waals surface area (Å²) in [7, 11) is 0. The molecule has 7 heteroatoms. The summed E-state index contributed by atoms with van der Waals surface area (Å²) in [5, 5.41) is 18.3. The number of nitrogens with one attached hydrogen (secondary N) is 3. The molecule has 4 rings (SSSR count). The van der Waals surface area contributed by atoms with Crippen LogP contribution in [0.3, 0.4) is 0 Å². The monoisotopic (exact) mass is 328 g/mol. The van der Waals surface area contributed by atoms with E-state index in [-0.39, 0.29) is 11.9 Å². The van der Waals surface area contributed by atoms with Crippen LogP contribution in [0.4, 0.5) is 0 Å². The van der Waals surface area contributed by atoms with Gasteiger partial charge in [0, 0.05) is 37.7 Å². The molecule has 128 valence electrons. The summed E-state index contributed by atoms with van der Waals surface area (Å²) in [6, 6.07) is 2.36. The highest BCUT2D eigenvalue weighted by molar-refractivity contribution is 5.76. The van der Waals surface area contributed by atoms with Crippen LogP contribution in [-0.2, 0) is 37.1 Å². The summed E-state index contributed by atoms with van der Waals surface area (Å²) in [5.41, 5.74) is 4.69. The number of carbonyl (C=O) groups is 1. The maximum absolute atomic E-state index is 12.3. The predicted octanol–water partition coefficient (Wildman–Crippen LogP) is 0.706. The Kier molecular flexibility index (Phi) is 4.34. The van der Waals surface area contributed by atoms with Crippen molar-refractivity contribution in [1.82, 2.24) is 30.6 Å². The predicted molar refractivity (Wildman–Crippen MR) is 89.4 cm³/mol. The Morgan fingerprint density at radius 3 is 3.38 bits per heavy atom. The molecule has 1 aliphatic carbocycles. The van der Waals surface area contributed by atoms with Gasteiger partial charge in [-0.05, 0) is 43.9 Å². The van der Waals surface area contributed by atoms with Gasteiger partial charge in [-0.1, -0.05) is 0 Å². The van der Waals surface area contributed by atoms with E-state index >= 15 is 0 Å². The second-order valence-electron chi connectivity index (χ2n) is 6.76. The van der Waals surface area contributed by atoms with Crippen LogP contribution in [0.1, 0.15) is 41.9 Å². The Labute approximate surface area is 141 Å². The molecule has 0 spiro atoms. The highest BCUT2D eigenvalue weighted by atomic mass is 16.1. The fraction of sp³-hybridized carbons (Fsp3) is 0.588. The molecule has 0 bridgehead atoms. The van der Waals surface area contributed by atoms with Crippen molar-refractivity contribution in [2.75, 3.05) is 6.54 Å². The van der Waals surface area contributed by atoms with Crippen LogP contribution in [0, 0.1) is 0 Å². The molecule has 0 fully saturated rings. The second kappa shape index (κ2) is 6.76. The van der Waals surface area contributed by atoms with Crippen molar-refractivity contribution >= 4 is 5.91 Å². The van der Waals surface area contributed by atoms with Gasteiger partial charge in [-0.15, -0.1) is 0 Å². The zero-order valence-electron chi connectivity index (χ0n) is 13.8. The Morgan fingerprint density at radius 1 is 1.46 bits per heavy atom. The van der Waals surface area contributed by atoms with Crippen molar-refractivity contribution in [3.8, 4) is 0 Å². The van der Waals surface area contributed by atoms with Gasteiger partial charge in [0.15, 0.2) is 0 Å².